The number of nitrogens with one attached hydrogen (secondary N) is 1. The van der Waals surface area contributed by atoms with Gasteiger partial charge in [0.1, 0.15) is 0 Å². The maximum Gasteiger partial charge on any atom is -0.00179 e. The third kappa shape index (κ3) is 2.70. The van der Waals surface area contributed by atoms with Crippen LogP contribution in [-0.4, -0.2) is 13.1 Å². The van der Waals surface area contributed by atoms with E-state index in [1.165, 1.54) is 25.9 Å². The fourth-order valence-electron chi connectivity index (χ4n) is 2.58. The van der Waals surface area contributed by atoms with E-state index in [1.807, 2.05) is 0 Å². The van der Waals surface area contributed by atoms with Crippen molar-refractivity contribution in [3.63, 3.8) is 0 Å². The summed E-state index contributed by atoms with van der Waals surface area (Å²) >= 11 is 0. The van der Waals surface area contributed by atoms with E-state index in [1.54, 1.807) is 0 Å². The molecule has 1 fully saturated rings. The standard InChI is InChI=1S/C12H25N/c1-5-11-8-13-7-6-12(11)10(4)9(2)3/h9-13H,5-8H2,1-4H3. The van der Waals surface area contributed by atoms with E-state index in [4.69, 9.17) is 0 Å². The minimum absolute atomic E-state index is 0.845. The summed E-state index contributed by atoms with van der Waals surface area (Å²) in [5, 5.41) is 3.51. The second-order valence-electron chi connectivity index (χ2n) is 4.93. The molecule has 0 saturated carbocycles. The molecule has 0 amide bonds. The highest BCUT2D eigenvalue weighted by molar-refractivity contribution is 4.81. The molecule has 1 rings (SSSR count). The molecule has 0 spiro atoms. The van der Waals surface area contributed by atoms with Gasteiger partial charge in [0, 0.05) is 0 Å². The van der Waals surface area contributed by atoms with Gasteiger partial charge in [-0.1, -0.05) is 34.1 Å². The normalized spacial score (nSPS) is 32.1. The van der Waals surface area contributed by atoms with E-state index in [0.717, 1.165) is 23.7 Å². The Bertz CT molecular complexity index is 140. The minimum atomic E-state index is 0.845. The quantitative estimate of drug-likeness (QED) is 0.709. The maximum atomic E-state index is 3.51. The fraction of sp³-hybridized carbons (Fsp3) is 1.00. The van der Waals surface area contributed by atoms with Gasteiger partial charge in [0.05, 0.1) is 0 Å². The van der Waals surface area contributed by atoms with Crippen LogP contribution in [-0.2, 0) is 0 Å². The Kier molecular flexibility index (Phi) is 4.24. The highest BCUT2D eigenvalue weighted by Crippen LogP contribution is 2.33. The zero-order chi connectivity index (χ0) is 9.84. The SMILES string of the molecule is CCC1CNCCC1C(C)C(C)C. The zero-order valence-electron chi connectivity index (χ0n) is 9.64. The highest BCUT2D eigenvalue weighted by Gasteiger charge is 2.29. The second-order valence-corrected chi connectivity index (χ2v) is 4.93. The van der Waals surface area contributed by atoms with Gasteiger partial charge in [0.25, 0.3) is 0 Å². The van der Waals surface area contributed by atoms with Gasteiger partial charge in [-0.2, -0.15) is 0 Å². The van der Waals surface area contributed by atoms with Crippen molar-refractivity contribution in [3.05, 3.63) is 0 Å². The van der Waals surface area contributed by atoms with Crippen molar-refractivity contribution in [3.8, 4) is 0 Å². The lowest BCUT2D eigenvalue weighted by molar-refractivity contribution is 0.147. The van der Waals surface area contributed by atoms with Crippen molar-refractivity contribution in [1.82, 2.24) is 5.32 Å². The predicted octanol–water partition coefficient (Wildman–Crippen LogP) is 2.91. The van der Waals surface area contributed by atoms with Crippen LogP contribution in [0.2, 0.25) is 0 Å². The van der Waals surface area contributed by atoms with Crippen molar-refractivity contribution in [2.45, 2.75) is 40.5 Å². The number of hydrogen-bond acceptors (Lipinski definition) is 1. The van der Waals surface area contributed by atoms with E-state index < -0.39 is 0 Å². The summed E-state index contributed by atoms with van der Waals surface area (Å²) in [6.45, 7) is 12.0. The van der Waals surface area contributed by atoms with Gasteiger partial charge in [-0.3, -0.25) is 0 Å². The van der Waals surface area contributed by atoms with Gasteiger partial charge in [0.2, 0.25) is 0 Å². The van der Waals surface area contributed by atoms with Crippen LogP contribution >= 0.6 is 0 Å². The van der Waals surface area contributed by atoms with Crippen LogP contribution in [0.15, 0.2) is 0 Å². The monoisotopic (exact) mass is 183 g/mol. The molecule has 0 aromatic heterocycles. The van der Waals surface area contributed by atoms with Crippen molar-refractivity contribution < 1.29 is 0 Å². The van der Waals surface area contributed by atoms with Crippen molar-refractivity contribution in [2.24, 2.45) is 23.7 Å². The lowest BCUT2D eigenvalue weighted by Gasteiger charge is -2.37. The molecule has 1 aliphatic rings. The van der Waals surface area contributed by atoms with Gasteiger partial charge < -0.3 is 5.32 Å². The molecular weight excluding hydrogens is 158 g/mol. The van der Waals surface area contributed by atoms with Crippen LogP contribution in [0.1, 0.15) is 40.5 Å². The molecule has 1 nitrogen and oxygen atoms in total. The molecule has 0 aliphatic carbocycles. The van der Waals surface area contributed by atoms with E-state index in [9.17, 15) is 0 Å². The molecule has 0 bridgehead atoms. The second kappa shape index (κ2) is 4.99. The molecule has 1 saturated heterocycles. The summed E-state index contributed by atoms with van der Waals surface area (Å²) in [5.41, 5.74) is 0. The molecule has 0 aromatic carbocycles. The van der Waals surface area contributed by atoms with Crippen molar-refractivity contribution in [1.29, 1.82) is 0 Å². The van der Waals surface area contributed by atoms with E-state index in [-0.39, 0.29) is 0 Å². The summed E-state index contributed by atoms with van der Waals surface area (Å²) in [5.74, 6) is 3.63. The molecule has 1 aliphatic heterocycles. The van der Waals surface area contributed by atoms with Crippen LogP contribution in [0.3, 0.4) is 0 Å². The van der Waals surface area contributed by atoms with E-state index in [0.29, 0.717) is 0 Å². The summed E-state index contributed by atoms with van der Waals surface area (Å²) in [6.07, 6.45) is 2.73. The molecule has 78 valence electrons. The fourth-order valence-corrected chi connectivity index (χ4v) is 2.58. The number of rotatable bonds is 3. The molecule has 1 heteroatoms. The Morgan fingerprint density at radius 3 is 2.54 bits per heavy atom. The average molecular weight is 183 g/mol. The van der Waals surface area contributed by atoms with Crippen LogP contribution in [0.4, 0.5) is 0 Å². The smallest absolute Gasteiger partial charge is 0.00179 e. The van der Waals surface area contributed by atoms with Crippen LogP contribution < -0.4 is 5.32 Å². The van der Waals surface area contributed by atoms with Crippen LogP contribution in [0.25, 0.3) is 0 Å². The summed E-state index contributed by atoms with van der Waals surface area (Å²) in [7, 11) is 0. The first kappa shape index (κ1) is 11.0. The Morgan fingerprint density at radius 2 is 2.00 bits per heavy atom. The Hall–Kier alpha value is -0.0400. The molecule has 0 radical (unpaired) electrons. The maximum absolute atomic E-state index is 3.51. The van der Waals surface area contributed by atoms with E-state index in [2.05, 4.69) is 33.0 Å². The Morgan fingerprint density at radius 1 is 1.31 bits per heavy atom. The van der Waals surface area contributed by atoms with Gasteiger partial charge in [-0.05, 0) is 43.2 Å². The lowest BCUT2D eigenvalue weighted by atomic mass is 9.73. The summed E-state index contributed by atoms with van der Waals surface area (Å²) < 4.78 is 0. The van der Waals surface area contributed by atoms with Crippen molar-refractivity contribution >= 4 is 0 Å². The third-order valence-corrected chi connectivity index (χ3v) is 3.92. The lowest BCUT2D eigenvalue weighted by Crippen LogP contribution is -2.40. The molecule has 1 N–H and O–H groups in total. The Labute approximate surface area is 83.3 Å². The summed E-state index contributed by atoms with van der Waals surface area (Å²) in [6, 6.07) is 0. The predicted molar refractivity (Wildman–Crippen MR) is 58.8 cm³/mol. The number of hydrogen-bond donors (Lipinski definition) is 1. The number of piperidine rings is 1. The minimum Gasteiger partial charge on any atom is -0.316 e. The molecule has 13 heavy (non-hydrogen) atoms. The van der Waals surface area contributed by atoms with Crippen molar-refractivity contribution in [2.75, 3.05) is 13.1 Å². The first-order valence-corrected chi connectivity index (χ1v) is 5.87. The zero-order valence-corrected chi connectivity index (χ0v) is 9.64. The van der Waals surface area contributed by atoms with E-state index >= 15 is 0 Å². The Balaban J connectivity index is 2.53. The first-order chi connectivity index (χ1) is 6.16. The van der Waals surface area contributed by atoms with Crippen LogP contribution in [0.5, 0.6) is 0 Å². The molecule has 1 heterocycles. The van der Waals surface area contributed by atoms with Crippen LogP contribution in [0, 0.1) is 23.7 Å². The summed E-state index contributed by atoms with van der Waals surface area (Å²) in [4.78, 5) is 0. The topological polar surface area (TPSA) is 12.0 Å². The molecule has 3 unspecified atom stereocenters. The first-order valence-electron chi connectivity index (χ1n) is 5.87. The molecule has 0 aromatic rings. The largest absolute Gasteiger partial charge is 0.316 e. The third-order valence-electron chi connectivity index (χ3n) is 3.92. The average Bonchev–Trinajstić information content (AvgIpc) is 2.16. The molecular formula is C12H25N. The van der Waals surface area contributed by atoms with Gasteiger partial charge >= 0.3 is 0 Å². The molecule has 3 atom stereocenters. The van der Waals surface area contributed by atoms with Gasteiger partial charge in [-0.15, -0.1) is 0 Å². The highest BCUT2D eigenvalue weighted by atomic mass is 14.9. The van der Waals surface area contributed by atoms with Gasteiger partial charge in [-0.25, -0.2) is 0 Å². The van der Waals surface area contributed by atoms with Gasteiger partial charge in [0.15, 0.2) is 0 Å².